The number of anilines is 1. The Hall–Kier alpha value is -1.53. The predicted octanol–water partition coefficient (Wildman–Crippen LogP) is 1.97. The standard InChI is InChI=1S/C19H25N3O2S/c23-18(21-8-5-14-11-20-12-15(14)6-9-21)7-10-22-16-3-1-2-4-17(16)25-13-19(22)24/h1-4,14-15,20H,5-13H2/t14-,15+. The molecule has 1 aromatic rings. The highest BCUT2D eigenvalue weighted by Gasteiger charge is 2.32. The van der Waals surface area contributed by atoms with E-state index < -0.39 is 0 Å². The summed E-state index contributed by atoms with van der Waals surface area (Å²) in [6.07, 6.45) is 2.62. The number of rotatable bonds is 3. The van der Waals surface area contributed by atoms with E-state index >= 15 is 0 Å². The van der Waals surface area contributed by atoms with Gasteiger partial charge in [0.05, 0.1) is 11.4 Å². The molecule has 0 saturated carbocycles. The molecule has 6 heteroatoms. The normalized spacial score (nSPS) is 26.2. The van der Waals surface area contributed by atoms with Crippen LogP contribution < -0.4 is 10.2 Å². The Labute approximate surface area is 153 Å². The van der Waals surface area contributed by atoms with E-state index in [0.29, 0.717) is 18.7 Å². The van der Waals surface area contributed by atoms with E-state index in [9.17, 15) is 9.59 Å². The SMILES string of the molecule is O=C(CCN1C(=O)CSc2ccccc21)N1CC[C@@H]2CNC[C@@H]2CC1. The lowest BCUT2D eigenvalue weighted by molar-refractivity contribution is -0.131. The highest BCUT2D eigenvalue weighted by atomic mass is 32.2. The van der Waals surface area contributed by atoms with Gasteiger partial charge in [0.2, 0.25) is 11.8 Å². The molecule has 3 heterocycles. The maximum absolute atomic E-state index is 12.7. The van der Waals surface area contributed by atoms with Gasteiger partial charge in [-0.2, -0.15) is 0 Å². The Bertz CT molecular complexity index is 652. The molecule has 1 N–H and O–H groups in total. The third-order valence-corrected chi connectivity index (χ3v) is 6.78. The Morgan fingerprint density at radius 1 is 1.16 bits per heavy atom. The van der Waals surface area contributed by atoms with Gasteiger partial charge >= 0.3 is 0 Å². The van der Waals surface area contributed by atoms with Gasteiger partial charge in [0.25, 0.3) is 0 Å². The van der Waals surface area contributed by atoms with Crippen LogP contribution in [0.15, 0.2) is 29.2 Å². The summed E-state index contributed by atoms with van der Waals surface area (Å²) in [5, 5.41) is 3.47. The highest BCUT2D eigenvalue weighted by Crippen LogP contribution is 2.35. The molecule has 0 spiro atoms. The zero-order valence-corrected chi connectivity index (χ0v) is 15.3. The van der Waals surface area contributed by atoms with Crippen LogP contribution >= 0.6 is 11.8 Å². The topological polar surface area (TPSA) is 52.7 Å². The van der Waals surface area contributed by atoms with E-state index in [2.05, 4.69) is 5.32 Å². The fraction of sp³-hybridized carbons (Fsp3) is 0.579. The van der Waals surface area contributed by atoms with Gasteiger partial charge in [-0.3, -0.25) is 9.59 Å². The summed E-state index contributed by atoms with van der Waals surface area (Å²) in [5.41, 5.74) is 0.952. The number of para-hydroxylation sites is 1. The molecule has 2 atom stereocenters. The lowest BCUT2D eigenvalue weighted by atomic mass is 9.92. The summed E-state index contributed by atoms with van der Waals surface area (Å²) in [7, 11) is 0. The van der Waals surface area contributed by atoms with Crippen LogP contribution in [0.4, 0.5) is 5.69 Å². The first-order valence-electron chi connectivity index (χ1n) is 9.23. The van der Waals surface area contributed by atoms with E-state index in [0.717, 1.165) is 61.4 Å². The van der Waals surface area contributed by atoms with Gasteiger partial charge in [-0.15, -0.1) is 11.8 Å². The minimum absolute atomic E-state index is 0.105. The van der Waals surface area contributed by atoms with Crippen LogP contribution in [0, 0.1) is 11.8 Å². The van der Waals surface area contributed by atoms with Crippen molar-refractivity contribution in [1.82, 2.24) is 10.2 Å². The van der Waals surface area contributed by atoms with Gasteiger partial charge in [-0.25, -0.2) is 0 Å². The highest BCUT2D eigenvalue weighted by molar-refractivity contribution is 8.00. The summed E-state index contributed by atoms with van der Waals surface area (Å²) >= 11 is 1.58. The molecule has 2 amide bonds. The Morgan fingerprint density at radius 2 is 1.88 bits per heavy atom. The number of carbonyl (C=O) groups excluding carboxylic acids is 2. The van der Waals surface area contributed by atoms with Crippen LogP contribution in [0.2, 0.25) is 0 Å². The molecular formula is C19H25N3O2S. The van der Waals surface area contributed by atoms with Crippen molar-refractivity contribution in [3.05, 3.63) is 24.3 Å². The van der Waals surface area contributed by atoms with Crippen LogP contribution in [0.1, 0.15) is 19.3 Å². The van der Waals surface area contributed by atoms with Crippen molar-refractivity contribution in [2.75, 3.05) is 43.4 Å². The van der Waals surface area contributed by atoms with Gasteiger partial charge in [0.15, 0.2) is 0 Å². The first-order chi connectivity index (χ1) is 12.2. The zero-order chi connectivity index (χ0) is 17.2. The minimum atomic E-state index is 0.105. The number of nitrogens with zero attached hydrogens (tertiary/aromatic N) is 2. The summed E-state index contributed by atoms with van der Waals surface area (Å²) in [5.74, 6) is 2.21. The summed E-state index contributed by atoms with van der Waals surface area (Å²) in [6.45, 7) is 4.41. The monoisotopic (exact) mass is 359 g/mol. The molecule has 0 unspecified atom stereocenters. The fourth-order valence-corrected chi connectivity index (χ4v) is 5.17. The second kappa shape index (κ2) is 7.38. The average molecular weight is 359 g/mol. The van der Waals surface area contributed by atoms with Crippen molar-refractivity contribution in [2.24, 2.45) is 11.8 Å². The van der Waals surface area contributed by atoms with Crippen molar-refractivity contribution in [2.45, 2.75) is 24.2 Å². The quantitative estimate of drug-likeness (QED) is 0.897. The number of thioether (sulfide) groups is 1. The first-order valence-corrected chi connectivity index (χ1v) is 10.2. The molecule has 0 radical (unpaired) electrons. The van der Waals surface area contributed by atoms with Gasteiger partial charge in [0.1, 0.15) is 0 Å². The second-order valence-corrected chi connectivity index (χ2v) is 8.21. The Morgan fingerprint density at radius 3 is 2.64 bits per heavy atom. The number of hydrogen-bond acceptors (Lipinski definition) is 4. The molecule has 3 aliphatic heterocycles. The van der Waals surface area contributed by atoms with E-state index in [1.165, 1.54) is 0 Å². The smallest absolute Gasteiger partial charge is 0.237 e. The molecule has 1 aromatic carbocycles. The lowest BCUT2D eigenvalue weighted by Gasteiger charge is -2.29. The van der Waals surface area contributed by atoms with Crippen molar-refractivity contribution < 1.29 is 9.59 Å². The minimum Gasteiger partial charge on any atom is -0.343 e. The van der Waals surface area contributed by atoms with Gasteiger partial charge < -0.3 is 15.1 Å². The molecule has 134 valence electrons. The van der Waals surface area contributed by atoms with E-state index in [-0.39, 0.29) is 11.8 Å². The van der Waals surface area contributed by atoms with Crippen LogP contribution in [0.25, 0.3) is 0 Å². The summed E-state index contributed by atoms with van der Waals surface area (Å²) in [4.78, 5) is 29.9. The van der Waals surface area contributed by atoms with Crippen LogP contribution in [0.5, 0.6) is 0 Å². The second-order valence-electron chi connectivity index (χ2n) is 7.19. The van der Waals surface area contributed by atoms with Crippen LogP contribution in [0.3, 0.4) is 0 Å². The van der Waals surface area contributed by atoms with E-state index in [1.807, 2.05) is 29.2 Å². The predicted molar refractivity (Wildman–Crippen MR) is 99.8 cm³/mol. The number of hydrogen-bond donors (Lipinski definition) is 1. The third-order valence-electron chi connectivity index (χ3n) is 5.73. The molecule has 5 nitrogen and oxygen atoms in total. The Kier molecular flexibility index (Phi) is 4.99. The third kappa shape index (κ3) is 3.55. The van der Waals surface area contributed by atoms with Crippen LogP contribution in [-0.2, 0) is 9.59 Å². The fourth-order valence-electron chi connectivity index (χ4n) is 4.23. The molecule has 0 aliphatic carbocycles. The zero-order valence-electron chi connectivity index (χ0n) is 14.4. The number of nitrogens with one attached hydrogen (secondary N) is 1. The summed E-state index contributed by atoms with van der Waals surface area (Å²) < 4.78 is 0. The van der Waals surface area contributed by atoms with Crippen molar-refractivity contribution >= 4 is 29.3 Å². The van der Waals surface area contributed by atoms with Crippen LogP contribution in [-0.4, -0.2) is 55.2 Å². The maximum Gasteiger partial charge on any atom is 0.237 e. The number of benzene rings is 1. The van der Waals surface area contributed by atoms with E-state index in [1.54, 1.807) is 16.7 Å². The Balaban J connectivity index is 1.36. The molecule has 25 heavy (non-hydrogen) atoms. The molecule has 0 bridgehead atoms. The number of amides is 2. The molecule has 0 aromatic heterocycles. The average Bonchev–Trinajstić information content (AvgIpc) is 2.99. The first kappa shape index (κ1) is 16.9. The van der Waals surface area contributed by atoms with Crippen molar-refractivity contribution in [3.63, 3.8) is 0 Å². The molecule has 2 saturated heterocycles. The van der Waals surface area contributed by atoms with Gasteiger partial charge in [0, 0.05) is 31.0 Å². The molecule has 4 rings (SSSR count). The molecular weight excluding hydrogens is 334 g/mol. The van der Waals surface area contributed by atoms with Gasteiger partial charge in [-0.05, 0) is 49.9 Å². The molecule has 2 fully saturated rings. The summed E-state index contributed by atoms with van der Waals surface area (Å²) in [6, 6.07) is 7.97. The number of carbonyl (C=O) groups is 2. The molecule has 3 aliphatic rings. The van der Waals surface area contributed by atoms with Crippen molar-refractivity contribution in [3.8, 4) is 0 Å². The van der Waals surface area contributed by atoms with Crippen molar-refractivity contribution in [1.29, 1.82) is 0 Å². The largest absolute Gasteiger partial charge is 0.343 e. The van der Waals surface area contributed by atoms with E-state index in [4.69, 9.17) is 0 Å². The number of fused-ring (bicyclic) bond motifs is 2. The van der Waals surface area contributed by atoms with Gasteiger partial charge in [-0.1, -0.05) is 12.1 Å². The maximum atomic E-state index is 12.7. The lowest BCUT2D eigenvalue weighted by Crippen LogP contribution is -2.40. The number of likely N-dealkylation sites (tertiary alicyclic amines) is 1.